The van der Waals surface area contributed by atoms with E-state index in [4.69, 9.17) is 9.47 Å². The number of pyridine rings is 1. The van der Waals surface area contributed by atoms with Crippen molar-refractivity contribution in [2.75, 3.05) is 64.4 Å². The van der Waals surface area contributed by atoms with Gasteiger partial charge < -0.3 is 25.0 Å². The molecule has 2 aliphatic heterocycles. The lowest BCUT2D eigenvalue weighted by Gasteiger charge is -2.34. The van der Waals surface area contributed by atoms with E-state index in [1.54, 1.807) is 7.05 Å². The molecule has 0 saturated carbocycles. The monoisotopic (exact) mass is 546 g/mol. The van der Waals surface area contributed by atoms with E-state index in [1.165, 1.54) is 0 Å². The highest BCUT2D eigenvalue weighted by molar-refractivity contribution is 14.0. The molecule has 2 aliphatic rings. The Morgan fingerprint density at radius 1 is 1.19 bits per heavy atom. The molecule has 0 radical (unpaired) electrons. The minimum Gasteiger partial charge on any atom is -0.375 e. The molecule has 2 atom stereocenters. The summed E-state index contributed by atoms with van der Waals surface area (Å²) in [7, 11) is 1.79. The van der Waals surface area contributed by atoms with E-state index >= 15 is 0 Å². The number of hydrogen-bond donors (Lipinski definition) is 2. The summed E-state index contributed by atoms with van der Waals surface area (Å²) in [6.07, 6.45) is 2.37. The molecule has 31 heavy (non-hydrogen) atoms. The van der Waals surface area contributed by atoms with Gasteiger partial charge in [-0.05, 0) is 24.5 Å². The second-order valence-electron chi connectivity index (χ2n) is 8.60. The Morgan fingerprint density at radius 3 is 2.68 bits per heavy atom. The molecular formula is C22H39IN6O2. The van der Waals surface area contributed by atoms with Crippen molar-refractivity contribution in [2.45, 2.75) is 39.5 Å². The lowest BCUT2D eigenvalue weighted by molar-refractivity contribution is -0.0284. The number of nitrogens with zero attached hydrogens (tertiary/aromatic N) is 4. The first-order valence-electron chi connectivity index (χ1n) is 11.1. The fourth-order valence-electron chi connectivity index (χ4n) is 3.94. The number of aromatic nitrogens is 1. The van der Waals surface area contributed by atoms with E-state index in [0.29, 0.717) is 12.5 Å². The van der Waals surface area contributed by atoms with Crippen LogP contribution in [0.4, 0.5) is 5.82 Å². The lowest BCUT2D eigenvalue weighted by Crippen LogP contribution is -2.50. The number of anilines is 1. The zero-order valence-electron chi connectivity index (χ0n) is 19.3. The largest absolute Gasteiger partial charge is 0.375 e. The van der Waals surface area contributed by atoms with Gasteiger partial charge in [0.1, 0.15) is 5.82 Å². The zero-order valence-corrected chi connectivity index (χ0v) is 21.7. The number of rotatable bonds is 7. The summed E-state index contributed by atoms with van der Waals surface area (Å²) in [6.45, 7) is 14.5. The van der Waals surface area contributed by atoms with Crippen LogP contribution in [-0.2, 0) is 16.0 Å². The number of morpholine rings is 2. The van der Waals surface area contributed by atoms with E-state index in [9.17, 15) is 0 Å². The molecule has 176 valence electrons. The Morgan fingerprint density at radius 2 is 2.00 bits per heavy atom. The number of hydrogen-bond acceptors (Lipinski definition) is 6. The number of ether oxygens (including phenoxy) is 2. The Kier molecular flexibility index (Phi) is 11.3. The van der Waals surface area contributed by atoms with Gasteiger partial charge in [0.25, 0.3) is 0 Å². The maximum atomic E-state index is 5.92. The fourth-order valence-corrected chi connectivity index (χ4v) is 3.94. The van der Waals surface area contributed by atoms with Crippen LogP contribution in [0.2, 0.25) is 0 Å². The van der Waals surface area contributed by atoms with Crippen molar-refractivity contribution in [2.24, 2.45) is 10.9 Å². The number of aliphatic imine (C=N–C) groups is 1. The molecule has 0 spiro atoms. The molecule has 2 fully saturated rings. The van der Waals surface area contributed by atoms with E-state index in [1.807, 2.05) is 6.20 Å². The molecule has 2 unspecified atom stereocenters. The van der Waals surface area contributed by atoms with Crippen molar-refractivity contribution in [3.05, 3.63) is 23.9 Å². The van der Waals surface area contributed by atoms with Crippen molar-refractivity contribution in [1.82, 2.24) is 20.5 Å². The van der Waals surface area contributed by atoms with Crippen LogP contribution in [-0.4, -0.2) is 87.6 Å². The van der Waals surface area contributed by atoms with E-state index in [2.05, 4.69) is 63.3 Å². The van der Waals surface area contributed by atoms with Gasteiger partial charge in [0.05, 0.1) is 25.4 Å². The lowest BCUT2D eigenvalue weighted by atomic mass is 10.2. The first-order chi connectivity index (χ1) is 14.5. The summed E-state index contributed by atoms with van der Waals surface area (Å²) in [5, 5.41) is 6.77. The summed E-state index contributed by atoms with van der Waals surface area (Å²) in [4.78, 5) is 13.7. The normalized spacial score (nSPS) is 22.9. The van der Waals surface area contributed by atoms with Crippen molar-refractivity contribution in [3.8, 4) is 0 Å². The average Bonchev–Trinajstić information content (AvgIpc) is 2.74. The third-order valence-corrected chi connectivity index (χ3v) is 5.40. The quantitative estimate of drug-likeness (QED) is 0.308. The number of guanidine groups is 1. The minimum atomic E-state index is 0. The molecule has 1 aromatic rings. The van der Waals surface area contributed by atoms with Gasteiger partial charge in [-0.1, -0.05) is 19.9 Å². The van der Waals surface area contributed by atoms with Crippen molar-refractivity contribution in [3.63, 3.8) is 0 Å². The summed E-state index contributed by atoms with van der Waals surface area (Å²) in [5.41, 5.74) is 1.13. The molecule has 3 rings (SSSR count). The first kappa shape index (κ1) is 26.1. The predicted octanol–water partition coefficient (Wildman–Crippen LogP) is 1.95. The van der Waals surface area contributed by atoms with Gasteiger partial charge >= 0.3 is 0 Å². The SMILES string of the molecule is CN=C(NCc1ccc(N2CCOC(C)C2)nc1)NCC1CN(CC(C)C)CCO1.I. The van der Waals surface area contributed by atoms with Crippen LogP contribution in [0.5, 0.6) is 0 Å². The topological polar surface area (TPSA) is 74.2 Å². The molecule has 0 aliphatic carbocycles. The standard InChI is InChI=1S/C22H38N6O2.HI/c1-17(2)14-27-7-9-30-20(16-27)13-26-22(23-4)25-12-19-5-6-21(24-11-19)28-8-10-29-18(3)15-28;/h5-6,11,17-18,20H,7-10,12-16H2,1-4H3,(H2,23,25,26);1H. The highest BCUT2D eigenvalue weighted by Gasteiger charge is 2.21. The molecule has 9 heteroatoms. The van der Waals surface area contributed by atoms with Gasteiger partial charge in [-0.2, -0.15) is 0 Å². The maximum Gasteiger partial charge on any atom is 0.191 e. The molecule has 0 aromatic carbocycles. The van der Waals surface area contributed by atoms with E-state index in [0.717, 1.165) is 69.8 Å². The number of nitrogens with one attached hydrogen (secondary N) is 2. The summed E-state index contributed by atoms with van der Waals surface area (Å²) in [6, 6.07) is 4.21. The first-order valence-corrected chi connectivity index (χ1v) is 11.1. The second kappa shape index (κ2) is 13.4. The molecule has 2 saturated heterocycles. The van der Waals surface area contributed by atoms with Crippen molar-refractivity contribution >= 4 is 35.8 Å². The highest BCUT2D eigenvalue weighted by Crippen LogP contribution is 2.15. The molecule has 8 nitrogen and oxygen atoms in total. The summed E-state index contributed by atoms with van der Waals surface area (Å²) < 4.78 is 11.5. The second-order valence-corrected chi connectivity index (χ2v) is 8.60. The average molecular weight is 546 g/mol. The van der Waals surface area contributed by atoms with Crippen LogP contribution in [0.3, 0.4) is 0 Å². The molecule has 2 N–H and O–H groups in total. The number of halogens is 1. The van der Waals surface area contributed by atoms with Crippen LogP contribution >= 0.6 is 24.0 Å². The summed E-state index contributed by atoms with van der Waals surface area (Å²) >= 11 is 0. The van der Waals surface area contributed by atoms with Crippen LogP contribution in [0.15, 0.2) is 23.3 Å². The third kappa shape index (κ3) is 8.70. The van der Waals surface area contributed by atoms with Gasteiger partial charge in [0.15, 0.2) is 5.96 Å². The molecule has 3 heterocycles. The van der Waals surface area contributed by atoms with Gasteiger partial charge in [-0.3, -0.25) is 9.89 Å². The predicted molar refractivity (Wildman–Crippen MR) is 136 cm³/mol. The Balaban J connectivity index is 0.00000341. The minimum absolute atomic E-state index is 0. The maximum absolute atomic E-state index is 5.92. The molecule has 1 aromatic heterocycles. The van der Waals surface area contributed by atoms with Crippen LogP contribution in [0.25, 0.3) is 0 Å². The Bertz CT molecular complexity index is 672. The van der Waals surface area contributed by atoms with Gasteiger partial charge in [0, 0.05) is 59.1 Å². The molecular weight excluding hydrogens is 507 g/mol. The molecule has 0 amide bonds. The van der Waals surface area contributed by atoms with Crippen LogP contribution < -0.4 is 15.5 Å². The van der Waals surface area contributed by atoms with Gasteiger partial charge in [-0.15, -0.1) is 24.0 Å². The molecule has 0 bridgehead atoms. The van der Waals surface area contributed by atoms with E-state index in [-0.39, 0.29) is 36.2 Å². The Hall–Kier alpha value is -1.17. The fraction of sp³-hybridized carbons (Fsp3) is 0.727. The van der Waals surface area contributed by atoms with Crippen LogP contribution in [0.1, 0.15) is 26.3 Å². The zero-order chi connectivity index (χ0) is 21.3. The summed E-state index contributed by atoms with van der Waals surface area (Å²) in [5.74, 6) is 2.47. The Labute approximate surface area is 204 Å². The van der Waals surface area contributed by atoms with Crippen molar-refractivity contribution in [1.29, 1.82) is 0 Å². The highest BCUT2D eigenvalue weighted by atomic mass is 127. The van der Waals surface area contributed by atoms with Gasteiger partial charge in [0.2, 0.25) is 0 Å². The van der Waals surface area contributed by atoms with Crippen LogP contribution in [0, 0.1) is 5.92 Å². The smallest absolute Gasteiger partial charge is 0.191 e. The van der Waals surface area contributed by atoms with E-state index < -0.39 is 0 Å². The third-order valence-electron chi connectivity index (χ3n) is 5.40. The van der Waals surface area contributed by atoms with Gasteiger partial charge in [-0.25, -0.2) is 4.98 Å². The van der Waals surface area contributed by atoms with Crippen molar-refractivity contribution < 1.29 is 9.47 Å².